The first-order valence-electron chi connectivity index (χ1n) is 7.50. The van der Waals surface area contributed by atoms with E-state index < -0.39 is 10.4 Å². The van der Waals surface area contributed by atoms with Crippen LogP contribution in [0.4, 0.5) is 0 Å². The van der Waals surface area contributed by atoms with Crippen LogP contribution in [-0.2, 0) is 10.4 Å². The molecule has 2 unspecified atom stereocenters. The molecule has 0 aromatic carbocycles. The van der Waals surface area contributed by atoms with Gasteiger partial charge in [-0.15, -0.1) is 0 Å². The van der Waals surface area contributed by atoms with Crippen molar-refractivity contribution in [3.63, 3.8) is 0 Å². The van der Waals surface area contributed by atoms with E-state index >= 15 is 0 Å². The van der Waals surface area contributed by atoms with Gasteiger partial charge in [-0.1, -0.05) is 53.4 Å². The Morgan fingerprint density at radius 2 is 1.04 bits per heavy atom. The van der Waals surface area contributed by atoms with Crippen molar-refractivity contribution in [2.45, 2.75) is 66.2 Å². The SMILES string of the molecule is CCCCC(C)CO.CCCCC(C)CO.O=S(=O)([O-])[O-].[Na+].[Na+]. The van der Waals surface area contributed by atoms with Crippen LogP contribution in [0.3, 0.4) is 0 Å². The van der Waals surface area contributed by atoms with Crippen LogP contribution in [0, 0.1) is 11.8 Å². The second-order valence-electron chi connectivity index (χ2n) is 5.27. The Bertz CT molecular complexity index is 267. The predicted molar refractivity (Wildman–Crippen MR) is 82.0 cm³/mol. The summed E-state index contributed by atoms with van der Waals surface area (Å²) in [6.45, 7) is 9.19. The van der Waals surface area contributed by atoms with Crippen LogP contribution in [0.25, 0.3) is 0 Å². The molecule has 0 amide bonds. The summed E-state index contributed by atoms with van der Waals surface area (Å²) in [6.07, 6.45) is 7.33. The van der Waals surface area contributed by atoms with Crippen LogP contribution in [0.15, 0.2) is 0 Å². The number of hydrogen-bond donors (Lipinski definition) is 2. The van der Waals surface area contributed by atoms with Gasteiger partial charge in [0.15, 0.2) is 0 Å². The van der Waals surface area contributed by atoms with E-state index in [-0.39, 0.29) is 59.1 Å². The van der Waals surface area contributed by atoms with Gasteiger partial charge in [-0.05, 0) is 24.7 Å². The van der Waals surface area contributed by atoms with Crippen molar-refractivity contribution in [1.82, 2.24) is 0 Å². The molecule has 0 spiro atoms. The first kappa shape index (κ1) is 35.8. The fourth-order valence-corrected chi connectivity index (χ4v) is 1.29. The van der Waals surface area contributed by atoms with Crippen LogP contribution >= 0.6 is 0 Å². The zero-order valence-corrected chi connectivity index (χ0v) is 20.6. The maximum atomic E-state index is 8.56. The Morgan fingerprint density at radius 3 is 1.17 bits per heavy atom. The minimum atomic E-state index is -5.17. The van der Waals surface area contributed by atoms with Crippen molar-refractivity contribution in [3.05, 3.63) is 0 Å². The standard InChI is InChI=1S/2C7H16O.2Na.H2O4S/c2*1-3-4-5-7(2)6-8;;;1-5(2,3)4/h2*7-8H,3-6H2,1-2H3;;;(H2,1,2,3,4)/q;;2*+1;/p-2. The van der Waals surface area contributed by atoms with Crippen molar-refractivity contribution in [2.75, 3.05) is 13.2 Å². The third-order valence-electron chi connectivity index (χ3n) is 2.72. The van der Waals surface area contributed by atoms with Crippen molar-refractivity contribution in [1.29, 1.82) is 0 Å². The van der Waals surface area contributed by atoms with E-state index in [4.69, 9.17) is 27.7 Å². The van der Waals surface area contributed by atoms with Gasteiger partial charge in [0.25, 0.3) is 0 Å². The van der Waals surface area contributed by atoms with Crippen molar-refractivity contribution in [3.8, 4) is 0 Å². The van der Waals surface area contributed by atoms with Gasteiger partial charge in [0.1, 0.15) is 0 Å². The predicted octanol–water partition coefficient (Wildman–Crippen LogP) is -3.72. The van der Waals surface area contributed by atoms with Crippen LogP contribution in [0.1, 0.15) is 66.2 Å². The molecule has 2 N–H and O–H groups in total. The average Bonchev–Trinajstić information content (AvgIpc) is 2.40. The normalized spacial score (nSPS) is 12.2. The summed E-state index contributed by atoms with van der Waals surface area (Å²) in [7, 11) is -5.17. The minimum Gasteiger partial charge on any atom is -0.759 e. The minimum absolute atomic E-state index is 0. The van der Waals surface area contributed by atoms with Crippen LogP contribution in [0.2, 0.25) is 0 Å². The van der Waals surface area contributed by atoms with E-state index in [2.05, 4.69) is 27.7 Å². The Morgan fingerprint density at radius 1 is 0.826 bits per heavy atom. The Balaban J connectivity index is -0.0000000693. The number of rotatable bonds is 8. The quantitative estimate of drug-likeness (QED) is 0.256. The molecular weight excluding hydrogens is 342 g/mol. The summed E-state index contributed by atoms with van der Waals surface area (Å²) in [5.41, 5.74) is 0. The van der Waals surface area contributed by atoms with Crippen LogP contribution in [0.5, 0.6) is 0 Å². The Kier molecular flexibility index (Phi) is 40.5. The molecule has 0 aromatic heterocycles. The van der Waals surface area contributed by atoms with E-state index in [9.17, 15) is 0 Å². The largest absolute Gasteiger partial charge is 1.00 e. The molecule has 0 aliphatic heterocycles. The van der Waals surface area contributed by atoms with Gasteiger partial charge >= 0.3 is 59.1 Å². The Labute approximate surface area is 187 Å². The van der Waals surface area contributed by atoms with Gasteiger partial charge in [-0.2, -0.15) is 0 Å². The second kappa shape index (κ2) is 26.0. The molecule has 0 heterocycles. The number of unbranched alkanes of at least 4 members (excludes halogenated alkanes) is 2. The van der Waals surface area contributed by atoms with Crippen LogP contribution in [-0.4, -0.2) is 41.0 Å². The summed E-state index contributed by atoms with van der Waals surface area (Å²) in [6, 6.07) is 0. The fourth-order valence-electron chi connectivity index (χ4n) is 1.29. The van der Waals surface area contributed by atoms with E-state index in [1.54, 1.807) is 0 Å². The third kappa shape index (κ3) is 59.4. The zero-order chi connectivity index (χ0) is 17.3. The van der Waals surface area contributed by atoms with E-state index in [1.165, 1.54) is 38.5 Å². The van der Waals surface area contributed by atoms with E-state index in [0.717, 1.165) is 0 Å². The number of hydrogen-bond acceptors (Lipinski definition) is 6. The maximum Gasteiger partial charge on any atom is 1.00 e. The molecule has 0 radical (unpaired) electrons. The molecule has 132 valence electrons. The summed E-state index contributed by atoms with van der Waals surface area (Å²) < 4.78 is 34.1. The van der Waals surface area contributed by atoms with Gasteiger partial charge in [-0.25, -0.2) is 0 Å². The molecular formula is C14H32Na2O6S. The van der Waals surface area contributed by atoms with Gasteiger partial charge < -0.3 is 19.3 Å². The molecule has 0 aliphatic rings. The topological polar surface area (TPSA) is 121 Å². The molecule has 0 bridgehead atoms. The molecule has 9 heteroatoms. The molecule has 6 nitrogen and oxygen atoms in total. The second-order valence-corrected chi connectivity index (χ2v) is 6.08. The molecule has 2 atom stereocenters. The van der Waals surface area contributed by atoms with Gasteiger partial charge in [-0.3, -0.25) is 8.42 Å². The molecule has 0 saturated carbocycles. The van der Waals surface area contributed by atoms with Gasteiger partial charge in [0.2, 0.25) is 0 Å². The maximum absolute atomic E-state index is 8.56. The Hall–Kier alpha value is 1.79. The molecule has 0 aliphatic carbocycles. The van der Waals surface area contributed by atoms with Crippen molar-refractivity contribution >= 4 is 10.4 Å². The first-order valence-corrected chi connectivity index (χ1v) is 8.83. The summed E-state index contributed by atoms with van der Waals surface area (Å²) >= 11 is 0. The van der Waals surface area contributed by atoms with Crippen molar-refractivity contribution in [2.24, 2.45) is 11.8 Å². The number of aliphatic hydroxyl groups is 2. The first-order chi connectivity index (χ1) is 9.62. The van der Waals surface area contributed by atoms with Crippen molar-refractivity contribution < 1.29 is 86.9 Å². The number of aliphatic hydroxyl groups excluding tert-OH is 2. The van der Waals surface area contributed by atoms with E-state index in [1.807, 2.05) is 0 Å². The summed E-state index contributed by atoms with van der Waals surface area (Å²) in [5.74, 6) is 1.02. The van der Waals surface area contributed by atoms with Gasteiger partial charge in [0.05, 0.1) is 0 Å². The fraction of sp³-hybridized carbons (Fsp3) is 1.00. The third-order valence-corrected chi connectivity index (χ3v) is 2.72. The summed E-state index contributed by atoms with van der Waals surface area (Å²) in [5, 5.41) is 17.1. The average molecular weight is 374 g/mol. The zero-order valence-electron chi connectivity index (χ0n) is 15.7. The molecule has 0 fully saturated rings. The molecule has 23 heavy (non-hydrogen) atoms. The molecule has 0 saturated heterocycles. The molecule has 0 aromatic rings. The van der Waals surface area contributed by atoms with Gasteiger partial charge in [0, 0.05) is 23.6 Å². The summed E-state index contributed by atoms with van der Waals surface area (Å²) in [4.78, 5) is 0. The van der Waals surface area contributed by atoms with Crippen LogP contribution < -0.4 is 59.1 Å². The van der Waals surface area contributed by atoms with E-state index in [0.29, 0.717) is 25.0 Å². The monoisotopic (exact) mass is 374 g/mol. The molecule has 0 rings (SSSR count). The smallest absolute Gasteiger partial charge is 0.759 e.